The number of methoxy groups -OCH3 is 2. The van der Waals surface area contributed by atoms with E-state index in [1.807, 2.05) is 30.3 Å². The molecule has 1 amide bonds. The monoisotopic (exact) mass is 932 g/mol. The van der Waals surface area contributed by atoms with Crippen LogP contribution in [0.4, 0.5) is 8.78 Å². The normalized spacial score (nSPS) is 10.1. The van der Waals surface area contributed by atoms with E-state index in [1.54, 1.807) is 79.1 Å². The molecule has 0 aliphatic carbocycles. The quantitative estimate of drug-likeness (QED) is 0.106. The number of aromatic nitrogens is 2. The van der Waals surface area contributed by atoms with Crippen LogP contribution in [0.2, 0.25) is 10.0 Å². The number of nitrogens with one attached hydrogen (secondary N) is 1. The van der Waals surface area contributed by atoms with E-state index in [4.69, 9.17) is 73.2 Å². The van der Waals surface area contributed by atoms with Crippen molar-refractivity contribution in [2.24, 2.45) is 5.73 Å². The molecule has 2 heterocycles. The second-order valence-electron chi connectivity index (χ2n) is 12.8. The van der Waals surface area contributed by atoms with Gasteiger partial charge in [-0.05, 0) is 88.3 Å². The first-order chi connectivity index (χ1) is 28.5. The lowest BCUT2D eigenvalue weighted by Crippen LogP contribution is -2.25. The minimum atomic E-state index is -0.346. The Morgan fingerprint density at radius 3 is 1.52 bits per heavy atom. The molecule has 0 aliphatic rings. The maximum atomic E-state index is 15.4. The molecule has 0 aliphatic heterocycles. The van der Waals surface area contributed by atoms with Crippen LogP contribution in [0.5, 0.6) is 11.5 Å². The fourth-order valence-corrected chi connectivity index (χ4v) is 6.46. The molecule has 0 unspecified atom stereocenters. The lowest BCUT2D eigenvalue weighted by atomic mass is 9.97. The van der Waals surface area contributed by atoms with Crippen LogP contribution in [0.15, 0.2) is 109 Å². The maximum Gasteiger partial charge on any atom is 0.220 e. The molecular formula is C47H51Cl5F2N4O3. The fourth-order valence-electron chi connectivity index (χ4n) is 5.99. The number of carbonyl (C=O) groups excluding carboxylic acids is 1. The van der Waals surface area contributed by atoms with Gasteiger partial charge in [-0.2, -0.15) is 0 Å². The SMILES string of the molecule is C.C.COc1ccc(Cc2ccc(CCC(=O)NCCCl)nc2)c(F)c1-c1cccc(Cl)c1.COc1ccc(Cc2ccc(CN)nc2)c(F)c1-c1cccc(Cl)c1.ClCCl. The Labute approximate surface area is 383 Å². The summed E-state index contributed by atoms with van der Waals surface area (Å²) in [6, 6.07) is 28.7. The van der Waals surface area contributed by atoms with Gasteiger partial charge in [-0.1, -0.05) is 86.6 Å². The van der Waals surface area contributed by atoms with Crippen molar-refractivity contribution in [3.63, 3.8) is 0 Å². The first-order valence-electron chi connectivity index (χ1n) is 18.3. The highest BCUT2D eigenvalue weighted by Crippen LogP contribution is 2.37. The zero-order valence-corrected chi connectivity index (χ0v) is 36.2. The van der Waals surface area contributed by atoms with Gasteiger partial charge in [0, 0.05) is 66.4 Å². The molecule has 0 bridgehead atoms. The number of carbonyl (C=O) groups is 1. The van der Waals surface area contributed by atoms with Gasteiger partial charge >= 0.3 is 0 Å². The molecule has 2 aromatic heterocycles. The summed E-state index contributed by atoms with van der Waals surface area (Å²) in [7, 11) is 3.04. The minimum absolute atomic E-state index is 0. The van der Waals surface area contributed by atoms with Gasteiger partial charge < -0.3 is 20.5 Å². The third kappa shape index (κ3) is 15.7. The number of rotatable bonds is 14. The maximum absolute atomic E-state index is 15.4. The summed E-state index contributed by atoms with van der Waals surface area (Å²) in [6.45, 7) is 0.841. The third-order valence-corrected chi connectivity index (χ3v) is 9.49. The number of hydrogen-bond acceptors (Lipinski definition) is 6. The summed E-state index contributed by atoms with van der Waals surface area (Å²) >= 11 is 27.2. The molecule has 0 atom stereocenters. The van der Waals surface area contributed by atoms with Gasteiger partial charge in [0.05, 0.1) is 36.4 Å². The van der Waals surface area contributed by atoms with Crippen molar-refractivity contribution in [3.8, 4) is 33.8 Å². The Bertz CT molecular complexity index is 2270. The summed E-state index contributed by atoms with van der Waals surface area (Å²) in [5.74, 6) is 0.593. The van der Waals surface area contributed by atoms with Crippen molar-refractivity contribution >= 4 is 63.9 Å². The predicted molar refractivity (Wildman–Crippen MR) is 251 cm³/mol. The summed E-state index contributed by atoms with van der Waals surface area (Å²) < 4.78 is 41.3. The molecule has 7 nitrogen and oxygen atoms in total. The van der Waals surface area contributed by atoms with Crippen molar-refractivity contribution in [3.05, 3.63) is 165 Å². The van der Waals surface area contributed by atoms with Gasteiger partial charge in [0.15, 0.2) is 0 Å². The van der Waals surface area contributed by atoms with E-state index in [2.05, 4.69) is 15.3 Å². The molecule has 0 radical (unpaired) electrons. The molecule has 0 fully saturated rings. The highest BCUT2D eigenvalue weighted by atomic mass is 35.5. The van der Waals surface area contributed by atoms with Crippen LogP contribution in [-0.4, -0.2) is 47.9 Å². The van der Waals surface area contributed by atoms with Crippen molar-refractivity contribution in [2.75, 3.05) is 32.0 Å². The van der Waals surface area contributed by atoms with Gasteiger partial charge in [-0.15, -0.1) is 34.8 Å². The van der Waals surface area contributed by atoms with Gasteiger partial charge in [0.1, 0.15) is 23.1 Å². The number of nitrogens with two attached hydrogens (primary N) is 1. The van der Waals surface area contributed by atoms with Crippen molar-refractivity contribution < 1.29 is 23.0 Å². The fraction of sp³-hybridized carbons (Fsp3) is 0.255. The number of nitrogens with zero attached hydrogens (tertiary/aromatic N) is 2. The highest BCUT2D eigenvalue weighted by Gasteiger charge is 2.18. The smallest absolute Gasteiger partial charge is 0.220 e. The Morgan fingerprint density at radius 2 is 1.15 bits per heavy atom. The molecule has 0 saturated heterocycles. The molecule has 6 rings (SSSR count). The van der Waals surface area contributed by atoms with E-state index < -0.39 is 0 Å². The van der Waals surface area contributed by atoms with E-state index in [-0.39, 0.29) is 37.7 Å². The summed E-state index contributed by atoms with van der Waals surface area (Å²) in [5, 5.41) is 4.00. The van der Waals surface area contributed by atoms with Gasteiger partial charge in [-0.25, -0.2) is 8.78 Å². The number of benzene rings is 4. The van der Waals surface area contributed by atoms with Crippen LogP contribution in [0.3, 0.4) is 0 Å². The lowest BCUT2D eigenvalue weighted by molar-refractivity contribution is -0.120. The number of aryl methyl sites for hydroxylation is 1. The van der Waals surface area contributed by atoms with E-state index in [9.17, 15) is 4.79 Å². The van der Waals surface area contributed by atoms with E-state index >= 15 is 8.78 Å². The van der Waals surface area contributed by atoms with Crippen molar-refractivity contribution in [1.29, 1.82) is 0 Å². The second kappa shape index (κ2) is 27.5. The Morgan fingerprint density at radius 1 is 0.689 bits per heavy atom. The molecule has 0 saturated carbocycles. The third-order valence-electron chi connectivity index (χ3n) is 8.83. The number of hydrogen-bond donors (Lipinski definition) is 2. The molecule has 0 spiro atoms. The van der Waals surface area contributed by atoms with Crippen LogP contribution >= 0.6 is 58.0 Å². The summed E-state index contributed by atoms with van der Waals surface area (Å²) in [4.78, 5) is 20.4. The molecule has 6 aromatic rings. The van der Waals surface area contributed by atoms with Crippen LogP contribution in [0.1, 0.15) is 54.9 Å². The summed E-state index contributed by atoms with van der Waals surface area (Å²) in [6.07, 6.45) is 5.14. The number of halogens is 7. The van der Waals surface area contributed by atoms with E-state index in [0.717, 1.165) is 22.5 Å². The van der Waals surface area contributed by atoms with Crippen molar-refractivity contribution in [2.45, 2.75) is 47.1 Å². The molecule has 326 valence electrons. The van der Waals surface area contributed by atoms with Crippen molar-refractivity contribution in [1.82, 2.24) is 15.3 Å². The predicted octanol–water partition coefficient (Wildman–Crippen LogP) is 12.7. The number of ether oxygens (including phenoxy) is 2. The molecule has 4 aromatic carbocycles. The standard InChI is InChI=1S/C24H23Cl2FN2O2.C20H18ClFN2O.CH2Cl2.2CH4/c1-31-21-9-6-18(24(27)23(21)17-3-2-4-19(26)14-17)13-16-5-7-20(29-15-16)8-10-22(30)28-12-11-25;1-25-18-8-6-15(9-13-5-7-17(11-23)24-12-13)20(22)19(18)14-3-2-4-16(21)10-14;2-1-3;;/h2-7,9,14-15H,8,10-13H2,1H3,(H,28,30);2-8,10,12H,9,11,23H2,1H3;1H2;2*1H4. The highest BCUT2D eigenvalue weighted by molar-refractivity contribution is 6.40. The Hall–Kier alpha value is -4.48. The van der Waals surface area contributed by atoms with Crippen LogP contribution in [0.25, 0.3) is 22.3 Å². The average Bonchev–Trinajstić information content (AvgIpc) is 3.24. The Kier molecular flexibility index (Phi) is 23.7. The van der Waals surface area contributed by atoms with Crippen LogP contribution in [0, 0.1) is 11.6 Å². The first-order valence-corrected chi connectivity index (χ1v) is 20.7. The first kappa shape index (κ1) is 52.7. The zero-order valence-electron chi connectivity index (χ0n) is 32.4. The summed E-state index contributed by atoms with van der Waals surface area (Å²) in [5.41, 5.74) is 12.2. The van der Waals surface area contributed by atoms with Gasteiger partial charge in [0.25, 0.3) is 0 Å². The van der Waals surface area contributed by atoms with E-state index in [1.165, 1.54) is 14.2 Å². The molecule has 61 heavy (non-hydrogen) atoms. The van der Waals surface area contributed by atoms with Gasteiger partial charge in [0.2, 0.25) is 5.91 Å². The number of alkyl halides is 3. The minimum Gasteiger partial charge on any atom is -0.496 e. The zero-order chi connectivity index (χ0) is 42.7. The van der Waals surface area contributed by atoms with Gasteiger partial charge in [-0.3, -0.25) is 14.8 Å². The second-order valence-corrected chi connectivity index (χ2v) is 14.8. The van der Waals surface area contributed by atoms with Crippen LogP contribution < -0.4 is 20.5 Å². The number of amides is 1. The van der Waals surface area contributed by atoms with Crippen LogP contribution in [-0.2, 0) is 30.6 Å². The molecule has 3 N–H and O–H groups in total. The average molecular weight is 935 g/mol. The topological polar surface area (TPSA) is 99.4 Å². The lowest BCUT2D eigenvalue weighted by Gasteiger charge is -2.14. The molecule has 14 heteroatoms. The largest absolute Gasteiger partial charge is 0.496 e. The number of pyridine rings is 2. The van der Waals surface area contributed by atoms with E-state index in [0.29, 0.717) is 99.6 Å². The molecular weight excluding hydrogens is 884 g/mol. The Balaban J connectivity index is 0.000000389.